The van der Waals surface area contributed by atoms with Gasteiger partial charge in [-0.2, -0.15) is 0 Å². The van der Waals surface area contributed by atoms with E-state index in [4.69, 9.17) is 5.73 Å². The Hall–Kier alpha value is -1.44. The number of carbonyl (C=O) groups is 1. The molecule has 0 aromatic heterocycles. The lowest BCUT2D eigenvalue weighted by molar-refractivity contribution is -0.274. The second kappa shape index (κ2) is 4.82. The molecule has 0 atom stereocenters. The van der Waals surface area contributed by atoms with Crippen molar-refractivity contribution < 1.29 is 27.4 Å². The van der Waals surface area contributed by atoms with E-state index in [1.807, 2.05) is 0 Å². The number of anilines is 1. The third-order valence-electron chi connectivity index (χ3n) is 1.71. The number of hydrogen-bond acceptors (Lipinski definition) is 4. The van der Waals surface area contributed by atoms with Gasteiger partial charge in [0, 0.05) is 4.47 Å². The summed E-state index contributed by atoms with van der Waals surface area (Å²) in [5.74, 6) is -1.72. The van der Waals surface area contributed by atoms with Crippen molar-refractivity contribution in [2.45, 2.75) is 6.36 Å². The molecule has 1 aromatic rings. The van der Waals surface area contributed by atoms with Gasteiger partial charge in [-0.25, -0.2) is 4.79 Å². The van der Waals surface area contributed by atoms with Crippen LogP contribution in [0.5, 0.6) is 5.75 Å². The van der Waals surface area contributed by atoms with Gasteiger partial charge in [-0.1, -0.05) is 15.9 Å². The maximum atomic E-state index is 12.1. The topological polar surface area (TPSA) is 61.5 Å². The molecule has 0 radical (unpaired) electrons. The summed E-state index contributed by atoms with van der Waals surface area (Å²) in [7, 11) is 1.03. The van der Waals surface area contributed by atoms with Crippen LogP contribution in [0.2, 0.25) is 0 Å². The normalized spacial score (nSPS) is 11.1. The van der Waals surface area contributed by atoms with E-state index in [0.717, 1.165) is 13.2 Å². The Bertz CT molecular complexity index is 448. The molecule has 94 valence electrons. The summed E-state index contributed by atoms with van der Waals surface area (Å²) in [6, 6.07) is 2.26. The molecule has 0 aliphatic carbocycles. The number of rotatable bonds is 2. The first-order valence-electron chi connectivity index (χ1n) is 4.17. The van der Waals surface area contributed by atoms with Gasteiger partial charge >= 0.3 is 12.3 Å². The predicted molar refractivity (Wildman–Crippen MR) is 56.6 cm³/mol. The van der Waals surface area contributed by atoms with Crippen molar-refractivity contribution in [3.8, 4) is 5.75 Å². The lowest BCUT2D eigenvalue weighted by Crippen LogP contribution is -2.20. The molecule has 2 N–H and O–H groups in total. The largest absolute Gasteiger partial charge is 0.573 e. The fraction of sp³-hybridized carbons (Fsp3) is 0.222. The number of hydrogen-bond donors (Lipinski definition) is 1. The monoisotopic (exact) mass is 313 g/mol. The highest BCUT2D eigenvalue weighted by atomic mass is 79.9. The molecule has 8 heteroatoms. The number of nitrogens with two attached hydrogens (primary N) is 1. The second-order valence-corrected chi connectivity index (χ2v) is 3.82. The number of carbonyl (C=O) groups excluding carboxylic acids is 1. The van der Waals surface area contributed by atoms with Gasteiger partial charge in [0.2, 0.25) is 0 Å². The summed E-state index contributed by atoms with van der Waals surface area (Å²) in [6.07, 6.45) is -4.92. The van der Waals surface area contributed by atoms with Crippen molar-refractivity contribution in [2.75, 3.05) is 12.8 Å². The Morgan fingerprint density at radius 3 is 2.47 bits per heavy atom. The van der Waals surface area contributed by atoms with Gasteiger partial charge in [-0.3, -0.25) is 0 Å². The molecular formula is C9H7BrF3NO3. The predicted octanol–water partition coefficient (Wildman–Crippen LogP) is 2.72. The minimum absolute atomic E-state index is 0.175. The molecule has 0 aliphatic rings. The van der Waals surface area contributed by atoms with Crippen LogP contribution in [-0.2, 0) is 4.74 Å². The Labute approximate surface area is 103 Å². The third-order valence-corrected chi connectivity index (χ3v) is 2.17. The van der Waals surface area contributed by atoms with Crippen LogP contribution in [0.15, 0.2) is 16.6 Å². The van der Waals surface area contributed by atoms with Crippen LogP contribution in [0.3, 0.4) is 0 Å². The summed E-state index contributed by atoms with van der Waals surface area (Å²) < 4.78 is 44.7. The molecule has 17 heavy (non-hydrogen) atoms. The molecule has 0 bridgehead atoms. The highest BCUT2D eigenvalue weighted by Gasteiger charge is 2.34. The van der Waals surface area contributed by atoms with Gasteiger partial charge in [-0.15, -0.1) is 13.2 Å². The first kappa shape index (κ1) is 13.6. The molecule has 1 rings (SSSR count). The summed E-state index contributed by atoms with van der Waals surface area (Å²) in [5, 5.41) is 0. The van der Waals surface area contributed by atoms with E-state index in [1.54, 1.807) is 0 Å². The zero-order valence-corrected chi connectivity index (χ0v) is 10.1. The van der Waals surface area contributed by atoms with E-state index < -0.39 is 23.6 Å². The zero-order chi connectivity index (χ0) is 13.2. The number of halogens is 4. The van der Waals surface area contributed by atoms with Crippen LogP contribution in [-0.4, -0.2) is 19.4 Å². The molecule has 4 nitrogen and oxygen atoms in total. The van der Waals surface area contributed by atoms with Crippen LogP contribution in [0, 0.1) is 0 Å². The third kappa shape index (κ3) is 3.52. The summed E-state index contributed by atoms with van der Waals surface area (Å²) in [4.78, 5) is 11.3. The van der Waals surface area contributed by atoms with Gasteiger partial charge in [0.05, 0.1) is 12.8 Å². The molecule has 0 spiro atoms. The summed E-state index contributed by atoms with van der Waals surface area (Å²) >= 11 is 2.95. The number of methoxy groups -OCH3 is 1. The van der Waals surface area contributed by atoms with Crippen LogP contribution in [0.4, 0.5) is 18.9 Å². The number of alkyl halides is 3. The fourth-order valence-electron chi connectivity index (χ4n) is 1.13. The van der Waals surface area contributed by atoms with E-state index >= 15 is 0 Å². The van der Waals surface area contributed by atoms with Crippen molar-refractivity contribution in [3.63, 3.8) is 0 Å². The lowest BCUT2D eigenvalue weighted by Gasteiger charge is -2.14. The Kier molecular flexibility index (Phi) is 3.87. The van der Waals surface area contributed by atoms with Crippen LogP contribution in [0.25, 0.3) is 0 Å². The van der Waals surface area contributed by atoms with E-state index in [0.29, 0.717) is 0 Å². The molecule has 0 heterocycles. The van der Waals surface area contributed by atoms with Crippen LogP contribution >= 0.6 is 15.9 Å². The van der Waals surface area contributed by atoms with E-state index in [1.165, 1.54) is 6.07 Å². The average Bonchev–Trinajstić information content (AvgIpc) is 2.13. The summed E-state index contributed by atoms with van der Waals surface area (Å²) in [5.41, 5.74) is 4.80. The zero-order valence-electron chi connectivity index (χ0n) is 8.47. The van der Waals surface area contributed by atoms with Gasteiger partial charge in [-0.05, 0) is 12.1 Å². The molecular weight excluding hydrogens is 307 g/mol. The maximum absolute atomic E-state index is 12.1. The average molecular weight is 314 g/mol. The Morgan fingerprint density at radius 1 is 1.41 bits per heavy atom. The molecule has 0 saturated carbocycles. The second-order valence-electron chi connectivity index (χ2n) is 2.91. The van der Waals surface area contributed by atoms with Crippen molar-refractivity contribution >= 4 is 27.6 Å². The molecule has 0 fully saturated rings. The van der Waals surface area contributed by atoms with Crippen molar-refractivity contribution in [1.29, 1.82) is 0 Å². The summed E-state index contributed by atoms with van der Waals surface area (Å²) in [6.45, 7) is 0. The van der Waals surface area contributed by atoms with Crippen LogP contribution < -0.4 is 10.5 Å². The first-order chi connectivity index (χ1) is 7.74. The van der Waals surface area contributed by atoms with Crippen molar-refractivity contribution in [1.82, 2.24) is 0 Å². The van der Waals surface area contributed by atoms with Crippen molar-refractivity contribution in [3.05, 3.63) is 22.2 Å². The number of esters is 1. The fourth-order valence-corrected chi connectivity index (χ4v) is 1.58. The number of nitrogen functional groups attached to an aromatic ring is 1. The first-order valence-corrected chi connectivity index (χ1v) is 4.97. The smallest absolute Gasteiger partial charge is 0.465 e. The lowest BCUT2D eigenvalue weighted by atomic mass is 10.1. The molecule has 1 aromatic carbocycles. The van der Waals surface area contributed by atoms with E-state index in [2.05, 4.69) is 25.4 Å². The highest BCUT2D eigenvalue weighted by molar-refractivity contribution is 9.10. The minimum Gasteiger partial charge on any atom is -0.465 e. The molecule has 0 unspecified atom stereocenters. The number of benzene rings is 1. The molecule has 0 amide bonds. The SMILES string of the molecule is COC(=O)c1c(N)cc(Br)cc1OC(F)(F)F. The van der Waals surface area contributed by atoms with Gasteiger partial charge < -0.3 is 15.2 Å². The van der Waals surface area contributed by atoms with E-state index in [-0.39, 0.29) is 10.2 Å². The quantitative estimate of drug-likeness (QED) is 0.673. The van der Waals surface area contributed by atoms with Gasteiger partial charge in [0.15, 0.2) is 0 Å². The van der Waals surface area contributed by atoms with E-state index in [9.17, 15) is 18.0 Å². The minimum atomic E-state index is -4.92. The van der Waals surface area contributed by atoms with Crippen LogP contribution in [0.1, 0.15) is 10.4 Å². The van der Waals surface area contributed by atoms with Gasteiger partial charge in [0.25, 0.3) is 0 Å². The van der Waals surface area contributed by atoms with Crippen molar-refractivity contribution in [2.24, 2.45) is 0 Å². The number of ether oxygens (including phenoxy) is 2. The maximum Gasteiger partial charge on any atom is 0.573 e. The standard InChI is InChI=1S/C9H7BrF3NO3/c1-16-8(15)7-5(14)2-4(10)3-6(7)17-9(11,12)13/h2-3H,14H2,1H3. The Morgan fingerprint density at radius 2 is 2.00 bits per heavy atom. The molecule has 0 saturated heterocycles. The molecule has 0 aliphatic heterocycles. The highest BCUT2D eigenvalue weighted by Crippen LogP contribution is 2.33. The Balaban J connectivity index is 3.30. The van der Waals surface area contributed by atoms with Gasteiger partial charge in [0.1, 0.15) is 11.3 Å².